The van der Waals surface area contributed by atoms with Crippen molar-refractivity contribution < 1.29 is 96.3 Å². The van der Waals surface area contributed by atoms with Crippen molar-refractivity contribution in [3.63, 3.8) is 0 Å². The first-order chi connectivity index (χ1) is 18.4. The molecule has 0 aromatic heterocycles. The summed E-state index contributed by atoms with van der Waals surface area (Å²) in [6.45, 7) is -4.50. The first-order valence-electron chi connectivity index (χ1n) is 11.0. The summed E-state index contributed by atoms with van der Waals surface area (Å²) < 4.78 is 0. The predicted octanol–water partition coefficient (Wildman–Crippen LogP) is -4.79. The summed E-state index contributed by atoms with van der Waals surface area (Å²) in [5.74, 6) is -9.82. The summed E-state index contributed by atoms with van der Waals surface area (Å²) in [6, 6.07) is 0. The van der Waals surface area contributed by atoms with Crippen molar-refractivity contribution >= 4 is 77.3 Å². The second-order valence-electron chi connectivity index (χ2n) is 7.99. The Hall–Kier alpha value is -2.88. The zero-order valence-electron chi connectivity index (χ0n) is 21.5. The number of carboxylic acid groups (broad SMARTS) is 8. The first kappa shape index (κ1) is 46.1. The molecule has 0 bridgehead atoms. The molecule has 42 heavy (non-hydrogen) atoms. The van der Waals surface area contributed by atoms with E-state index in [1.165, 1.54) is 0 Å². The molecular weight excluding hydrogens is 631 g/mol. The topological polar surface area (TPSA) is 311 Å². The summed E-state index contributed by atoms with van der Waals surface area (Å²) in [4.78, 5) is 88.7. The average molecular weight is 664 g/mol. The molecule has 0 aromatic rings. The van der Waals surface area contributed by atoms with E-state index in [1.807, 2.05) is 0 Å². The van der Waals surface area contributed by atoms with Crippen molar-refractivity contribution in [3.05, 3.63) is 0 Å². The van der Waals surface area contributed by atoms with Gasteiger partial charge in [0, 0.05) is 43.2 Å². The first-order valence-corrected chi connectivity index (χ1v) is 11.0. The summed E-state index contributed by atoms with van der Waals surface area (Å²) >= 11 is 0. The molecule has 0 heterocycles. The van der Waals surface area contributed by atoms with Crippen LogP contribution in [0.15, 0.2) is 0 Å². The van der Waals surface area contributed by atoms with Crippen LogP contribution in [0.25, 0.3) is 0 Å². The van der Waals surface area contributed by atoms with Crippen LogP contribution in [0.1, 0.15) is 0 Å². The molecule has 0 radical (unpaired) electrons. The van der Waals surface area contributed by atoms with Gasteiger partial charge in [-0.15, -0.1) is 0 Å². The molecule has 0 atom stereocenters. The van der Waals surface area contributed by atoms with Crippen molar-refractivity contribution in [3.8, 4) is 0 Å². The average Bonchev–Trinajstić information content (AvgIpc) is 2.72. The Bertz CT molecular complexity index is 717. The van der Waals surface area contributed by atoms with Crippen LogP contribution in [-0.2, 0) is 55.4 Å². The van der Waals surface area contributed by atoms with E-state index in [4.69, 9.17) is 40.9 Å². The number of hydrogen-bond donors (Lipinski definition) is 8. The minimum atomic E-state index is -1.23. The zero-order valence-corrected chi connectivity index (χ0v) is 22.6. The third-order valence-corrected chi connectivity index (χ3v) is 4.34. The number of nitrogens with zero attached hydrogens (tertiary/aromatic N) is 4. The normalized spacial score (nSPS) is 10.2. The van der Waals surface area contributed by atoms with Crippen molar-refractivity contribution in [2.75, 3.05) is 78.5 Å². The van der Waals surface area contributed by atoms with Crippen molar-refractivity contribution in [2.45, 2.75) is 0 Å². The molecule has 22 heteroatoms. The zero-order chi connectivity index (χ0) is 31.4. The summed E-state index contributed by atoms with van der Waals surface area (Å²) in [5.41, 5.74) is 0. The third-order valence-electron chi connectivity index (χ3n) is 4.34. The van der Waals surface area contributed by atoms with Crippen LogP contribution >= 0.6 is 0 Å². The van der Waals surface area contributed by atoms with E-state index in [9.17, 15) is 38.4 Å². The van der Waals surface area contributed by atoms with Gasteiger partial charge >= 0.3 is 77.3 Å². The minimum absolute atomic E-state index is 0. The van der Waals surface area contributed by atoms with E-state index < -0.39 is 100 Å². The van der Waals surface area contributed by atoms with Gasteiger partial charge in [0.2, 0.25) is 0 Å². The van der Waals surface area contributed by atoms with E-state index >= 15 is 0 Å². The summed E-state index contributed by atoms with van der Waals surface area (Å²) in [5, 5.41) is 68.9. The number of hydrogen-bond acceptors (Lipinski definition) is 12. The van der Waals surface area contributed by atoms with Crippen LogP contribution < -0.4 is 0 Å². The van der Waals surface area contributed by atoms with Crippen molar-refractivity contribution in [1.82, 2.24) is 19.6 Å². The molecule has 8 N–H and O–H groups in total. The maximum atomic E-state index is 10.6. The number of carboxylic acids is 8. The van der Waals surface area contributed by atoms with Gasteiger partial charge in [0.15, 0.2) is 0 Å². The number of aliphatic carboxylic acids is 8. The second kappa shape index (κ2) is 25.8. The number of rotatable bonds is 22. The molecule has 0 aliphatic carbocycles. The van der Waals surface area contributed by atoms with E-state index in [-0.39, 0.29) is 72.8 Å². The molecule has 238 valence electrons. The molecular formula is C20H33FeN4NaO16. The standard InChI is InChI=1S/2C10H16N2O8.Fe.Na.H/c2*13-7(14)3-11(4-8(15)16)1-2-12(5-9(17)18)6-10(19)20;;;/h2*1-6H2,(H,13,14)(H,15,16)(H,17,18)(H,19,20);;;. The van der Waals surface area contributed by atoms with Crippen LogP contribution in [0.2, 0.25) is 0 Å². The van der Waals surface area contributed by atoms with Crippen LogP contribution in [-0.4, -0.2) is 216 Å². The van der Waals surface area contributed by atoms with Crippen LogP contribution in [0.5, 0.6) is 0 Å². The number of carbonyl (C=O) groups is 8. The van der Waals surface area contributed by atoms with Gasteiger partial charge in [0.05, 0.1) is 52.4 Å². The fourth-order valence-electron chi connectivity index (χ4n) is 2.95. The Morgan fingerprint density at radius 1 is 0.310 bits per heavy atom. The van der Waals surface area contributed by atoms with Gasteiger partial charge < -0.3 is 40.9 Å². The molecule has 0 spiro atoms. The SMILES string of the molecule is O=C(O)CN(CCN(CC(=O)O)CC(=O)O)CC(=O)O.O=C(O)CN(CCN(CC(=O)O)CC(=O)O)CC(=O)O.[Fe].[NaH]. The van der Waals surface area contributed by atoms with Gasteiger partial charge in [-0.2, -0.15) is 0 Å². The molecule has 0 rings (SSSR count). The van der Waals surface area contributed by atoms with Gasteiger partial charge in [0.1, 0.15) is 0 Å². The molecule has 0 aliphatic heterocycles. The Labute approximate surface area is 270 Å². The third kappa shape index (κ3) is 31.6. The van der Waals surface area contributed by atoms with Crippen LogP contribution in [0, 0.1) is 0 Å². The Balaban J connectivity index is -0.000000328. The van der Waals surface area contributed by atoms with Gasteiger partial charge in [-0.05, 0) is 0 Å². The van der Waals surface area contributed by atoms with E-state index in [2.05, 4.69) is 0 Å². The molecule has 0 fully saturated rings. The van der Waals surface area contributed by atoms with Gasteiger partial charge in [-0.3, -0.25) is 58.0 Å². The van der Waals surface area contributed by atoms with Crippen LogP contribution in [0.4, 0.5) is 0 Å². The van der Waals surface area contributed by atoms with E-state index in [0.29, 0.717) is 0 Å². The van der Waals surface area contributed by atoms with E-state index in [1.54, 1.807) is 0 Å². The van der Waals surface area contributed by atoms with Gasteiger partial charge in [0.25, 0.3) is 0 Å². The quantitative estimate of drug-likeness (QED) is 0.0503. The molecule has 20 nitrogen and oxygen atoms in total. The molecule has 0 amide bonds. The van der Waals surface area contributed by atoms with E-state index in [0.717, 1.165) is 19.6 Å². The monoisotopic (exact) mass is 664 g/mol. The van der Waals surface area contributed by atoms with Gasteiger partial charge in [-0.25, -0.2) is 0 Å². The Morgan fingerprint density at radius 2 is 0.405 bits per heavy atom. The van der Waals surface area contributed by atoms with Crippen LogP contribution in [0.3, 0.4) is 0 Å². The molecule has 0 saturated heterocycles. The summed E-state index contributed by atoms with van der Waals surface area (Å²) in [7, 11) is 0. The molecule has 0 aromatic carbocycles. The van der Waals surface area contributed by atoms with Gasteiger partial charge in [-0.1, -0.05) is 0 Å². The van der Waals surface area contributed by atoms with Crippen molar-refractivity contribution in [2.24, 2.45) is 0 Å². The Morgan fingerprint density at radius 3 is 0.476 bits per heavy atom. The van der Waals surface area contributed by atoms with Crippen molar-refractivity contribution in [1.29, 1.82) is 0 Å². The predicted molar refractivity (Wildman–Crippen MR) is 134 cm³/mol. The summed E-state index contributed by atoms with van der Waals surface area (Å²) in [6.07, 6.45) is 0. The molecule has 0 saturated carbocycles. The fourth-order valence-corrected chi connectivity index (χ4v) is 2.95. The maximum absolute atomic E-state index is 10.6. The molecule has 0 aliphatic rings. The molecule has 0 unspecified atom stereocenters. The Kier molecular flexibility index (Phi) is 28.3. The fraction of sp³-hybridized carbons (Fsp3) is 0.600. The second-order valence-corrected chi connectivity index (χ2v) is 7.99.